The molecule has 0 aliphatic carbocycles. The number of carbonyl (C=O) groups excluding carboxylic acids is 1. The van der Waals surface area contributed by atoms with Crippen LogP contribution in [0.25, 0.3) is 11.0 Å². The van der Waals surface area contributed by atoms with Crippen molar-refractivity contribution in [3.05, 3.63) is 35.0 Å². The van der Waals surface area contributed by atoms with Crippen LogP contribution in [0.1, 0.15) is 30.3 Å². The number of carbonyl (C=O) groups is 1. The summed E-state index contributed by atoms with van der Waals surface area (Å²) in [5.74, 6) is 0.171. The van der Waals surface area contributed by atoms with Crippen molar-refractivity contribution < 1.29 is 13.9 Å². The molecule has 1 aromatic carbocycles. The molecule has 1 heterocycles. The molecule has 0 radical (unpaired) electrons. The van der Waals surface area contributed by atoms with E-state index in [0.29, 0.717) is 22.8 Å². The monoisotopic (exact) mass is 266 g/mol. The Balaban J connectivity index is 2.36. The van der Waals surface area contributed by atoms with Gasteiger partial charge in [0.2, 0.25) is 5.78 Å². The van der Waals surface area contributed by atoms with E-state index in [1.807, 2.05) is 19.1 Å². The molecule has 1 atom stereocenters. The summed E-state index contributed by atoms with van der Waals surface area (Å²) in [6.45, 7) is 2.01. The standard InChI is InChI=1S/C14H15ClO3/c1-3-5-11(17-2)13(16)12-8-9-6-4-7-10(15)14(9)18-12/h4,6-8,11H,3,5H2,1-2H3. The second-order valence-electron chi connectivity index (χ2n) is 4.15. The minimum absolute atomic E-state index is 0.133. The zero-order chi connectivity index (χ0) is 13.1. The van der Waals surface area contributed by atoms with Gasteiger partial charge in [0, 0.05) is 12.5 Å². The van der Waals surface area contributed by atoms with E-state index in [1.54, 1.807) is 12.1 Å². The summed E-state index contributed by atoms with van der Waals surface area (Å²) in [4.78, 5) is 12.2. The van der Waals surface area contributed by atoms with Gasteiger partial charge in [-0.15, -0.1) is 0 Å². The first kappa shape index (κ1) is 13.1. The normalized spacial score (nSPS) is 12.8. The molecule has 1 unspecified atom stereocenters. The number of ketones is 1. The third-order valence-corrected chi connectivity index (χ3v) is 3.16. The molecular weight excluding hydrogens is 252 g/mol. The number of hydrogen-bond acceptors (Lipinski definition) is 3. The minimum Gasteiger partial charge on any atom is -0.451 e. The fourth-order valence-corrected chi connectivity index (χ4v) is 2.15. The van der Waals surface area contributed by atoms with Gasteiger partial charge < -0.3 is 9.15 Å². The van der Waals surface area contributed by atoms with Crippen molar-refractivity contribution in [1.29, 1.82) is 0 Å². The highest BCUT2D eigenvalue weighted by Gasteiger charge is 2.22. The third kappa shape index (κ3) is 2.42. The van der Waals surface area contributed by atoms with Crippen molar-refractivity contribution in [2.75, 3.05) is 7.11 Å². The molecule has 3 nitrogen and oxygen atoms in total. The van der Waals surface area contributed by atoms with Crippen LogP contribution in [0.15, 0.2) is 28.7 Å². The average molecular weight is 267 g/mol. The van der Waals surface area contributed by atoms with Crippen LogP contribution in [0.4, 0.5) is 0 Å². The van der Waals surface area contributed by atoms with Gasteiger partial charge >= 0.3 is 0 Å². The predicted molar refractivity (Wildman–Crippen MR) is 71.3 cm³/mol. The van der Waals surface area contributed by atoms with Crippen LogP contribution in [-0.4, -0.2) is 19.0 Å². The Morgan fingerprint density at radius 3 is 2.89 bits per heavy atom. The lowest BCUT2D eigenvalue weighted by atomic mass is 10.1. The molecule has 0 amide bonds. The van der Waals surface area contributed by atoms with Gasteiger partial charge in [-0.1, -0.05) is 37.1 Å². The van der Waals surface area contributed by atoms with Gasteiger partial charge in [0.25, 0.3) is 0 Å². The Bertz CT molecular complexity index is 559. The zero-order valence-corrected chi connectivity index (χ0v) is 11.2. The Morgan fingerprint density at radius 2 is 2.28 bits per heavy atom. The van der Waals surface area contributed by atoms with Gasteiger partial charge in [0.1, 0.15) is 6.10 Å². The topological polar surface area (TPSA) is 39.4 Å². The van der Waals surface area contributed by atoms with Gasteiger partial charge in [-0.2, -0.15) is 0 Å². The molecule has 0 N–H and O–H groups in total. The van der Waals surface area contributed by atoms with Crippen LogP contribution in [0.2, 0.25) is 5.02 Å². The van der Waals surface area contributed by atoms with Crippen molar-refractivity contribution in [1.82, 2.24) is 0 Å². The van der Waals surface area contributed by atoms with Gasteiger partial charge in [-0.05, 0) is 18.6 Å². The number of ether oxygens (including phenoxy) is 1. The van der Waals surface area contributed by atoms with E-state index >= 15 is 0 Å². The van der Waals surface area contributed by atoms with E-state index in [9.17, 15) is 4.79 Å². The number of hydrogen-bond donors (Lipinski definition) is 0. The molecule has 2 aromatic rings. The van der Waals surface area contributed by atoms with Crippen LogP contribution >= 0.6 is 11.6 Å². The second-order valence-corrected chi connectivity index (χ2v) is 4.55. The van der Waals surface area contributed by atoms with Crippen molar-refractivity contribution in [3.63, 3.8) is 0 Å². The number of furan rings is 1. The Morgan fingerprint density at radius 1 is 1.50 bits per heavy atom. The summed E-state index contributed by atoms with van der Waals surface area (Å²) in [5, 5.41) is 1.34. The fourth-order valence-electron chi connectivity index (χ4n) is 1.93. The van der Waals surface area contributed by atoms with Crippen molar-refractivity contribution in [2.24, 2.45) is 0 Å². The first-order valence-electron chi connectivity index (χ1n) is 5.92. The van der Waals surface area contributed by atoms with E-state index in [4.69, 9.17) is 20.8 Å². The summed E-state index contributed by atoms with van der Waals surface area (Å²) in [6.07, 6.45) is 1.11. The smallest absolute Gasteiger partial charge is 0.226 e. The molecule has 0 fully saturated rings. The van der Waals surface area contributed by atoms with Gasteiger partial charge in [-0.25, -0.2) is 0 Å². The fraction of sp³-hybridized carbons (Fsp3) is 0.357. The SMILES string of the molecule is CCCC(OC)C(=O)c1cc2cccc(Cl)c2o1. The van der Waals surface area contributed by atoms with E-state index in [2.05, 4.69) is 0 Å². The Labute approximate surface area is 111 Å². The molecule has 0 spiro atoms. The summed E-state index contributed by atoms with van der Waals surface area (Å²) in [7, 11) is 1.54. The van der Waals surface area contributed by atoms with E-state index in [1.165, 1.54) is 7.11 Å². The molecule has 2 rings (SSSR count). The predicted octanol–water partition coefficient (Wildman–Crippen LogP) is 4.08. The van der Waals surface area contributed by atoms with E-state index < -0.39 is 6.10 Å². The number of benzene rings is 1. The quantitative estimate of drug-likeness (QED) is 0.766. The molecule has 0 aliphatic rings. The summed E-state index contributed by atoms with van der Waals surface area (Å²) in [5.41, 5.74) is 0.550. The second kappa shape index (κ2) is 5.55. The molecule has 0 saturated carbocycles. The zero-order valence-electron chi connectivity index (χ0n) is 10.4. The number of rotatable bonds is 5. The van der Waals surface area contributed by atoms with Crippen molar-refractivity contribution >= 4 is 28.4 Å². The molecule has 0 saturated heterocycles. The number of methoxy groups -OCH3 is 1. The van der Waals surface area contributed by atoms with E-state index in [0.717, 1.165) is 11.8 Å². The first-order valence-corrected chi connectivity index (χ1v) is 6.30. The largest absolute Gasteiger partial charge is 0.451 e. The van der Waals surface area contributed by atoms with Gasteiger partial charge in [0.05, 0.1) is 5.02 Å². The Hall–Kier alpha value is -1.32. The molecule has 0 bridgehead atoms. The number of para-hydroxylation sites is 1. The number of halogens is 1. The molecule has 4 heteroatoms. The van der Waals surface area contributed by atoms with Crippen LogP contribution in [-0.2, 0) is 4.74 Å². The molecular formula is C14H15ClO3. The highest BCUT2D eigenvalue weighted by atomic mass is 35.5. The first-order chi connectivity index (χ1) is 8.67. The van der Waals surface area contributed by atoms with Crippen LogP contribution in [0.3, 0.4) is 0 Å². The van der Waals surface area contributed by atoms with Gasteiger partial charge in [-0.3, -0.25) is 4.79 Å². The summed E-state index contributed by atoms with van der Waals surface area (Å²) < 4.78 is 10.7. The highest BCUT2D eigenvalue weighted by Crippen LogP contribution is 2.27. The average Bonchev–Trinajstić information content (AvgIpc) is 2.80. The molecule has 0 aliphatic heterocycles. The summed E-state index contributed by atoms with van der Waals surface area (Å²) >= 11 is 6.01. The molecule has 96 valence electrons. The maximum atomic E-state index is 12.2. The Kier molecular flexibility index (Phi) is 4.04. The van der Waals surface area contributed by atoms with Crippen LogP contribution in [0, 0.1) is 0 Å². The molecule has 18 heavy (non-hydrogen) atoms. The van der Waals surface area contributed by atoms with Crippen molar-refractivity contribution in [3.8, 4) is 0 Å². The lowest BCUT2D eigenvalue weighted by Gasteiger charge is -2.10. The maximum absolute atomic E-state index is 12.2. The number of Topliss-reactive ketones (excluding diaryl/α,β-unsaturated/α-hetero) is 1. The van der Waals surface area contributed by atoms with Crippen molar-refractivity contribution in [2.45, 2.75) is 25.9 Å². The van der Waals surface area contributed by atoms with Crippen LogP contribution in [0.5, 0.6) is 0 Å². The molecule has 1 aromatic heterocycles. The number of fused-ring (bicyclic) bond motifs is 1. The lowest BCUT2D eigenvalue weighted by Crippen LogP contribution is -2.22. The highest BCUT2D eigenvalue weighted by molar-refractivity contribution is 6.34. The third-order valence-electron chi connectivity index (χ3n) is 2.87. The minimum atomic E-state index is -0.450. The lowest BCUT2D eigenvalue weighted by molar-refractivity contribution is 0.0553. The maximum Gasteiger partial charge on any atom is 0.226 e. The van der Waals surface area contributed by atoms with Crippen LogP contribution < -0.4 is 0 Å². The summed E-state index contributed by atoms with van der Waals surface area (Å²) in [6, 6.07) is 7.14. The van der Waals surface area contributed by atoms with E-state index in [-0.39, 0.29) is 5.78 Å². The van der Waals surface area contributed by atoms with Gasteiger partial charge in [0.15, 0.2) is 11.3 Å².